The highest BCUT2D eigenvalue weighted by Gasteiger charge is 2.31. The van der Waals surface area contributed by atoms with E-state index < -0.39 is 16.1 Å². The highest BCUT2D eigenvalue weighted by atomic mass is 35.5. The summed E-state index contributed by atoms with van der Waals surface area (Å²) in [5.41, 5.74) is 1.91. The smallest absolute Gasteiger partial charge is 0.261 e. The van der Waals surface area contributed by atoms with Crippen LogP contribution in [0.4, 0.5) is 5.69 Å². The van der Waals surface area contributed by atoms with E-state index in [1.165, 1.54) is 24.3 Å². The molecular weight excluding hydrogens is 594 g/mol. The Bertz CT molecular complexity index is 1570. The molecule has 12 heteroatoms. The third kappa shape index (κ3) is 7.35. The molecule has 0 aromatic heterocycles. The molecule has 0 bridgehead atoms. The maximum absolute atomic E-state index is 13.5. The van der Waals surface area contributed by atoms with Crippen LogP contribution in [0.1, 0.15) is 25.0 Å². The highest BCUT2D eigenvalue weighted by molar-refractivity contribution is 7.92. The average Bonchev–Trinajstić information content (AvgIpc) is 3.45. The number of ether oxygens (including phenoxy) is 3. The van der Waals surface area contributed by atoms with Gasteiger partial charge in [-0.25, -0.2) is 8.42 Å². The molecule has 3 aromatic rings. The van der Waals surface area contributed by atoms with Crippen LogP contribution in [0, 0.1) is 5.92 Å². The number of benzene rings is 3. The van der Waals surface area contributed by atoms with E-state index in [1.54, 1.807) is 23.1 Å². The van der Waals surface area contributed by atoms with Crippen molar-refractivity contribution in [3.8, 4) is 17.2 Å². The van der Waals surface area contributed by atoms with Crippen molar-refractivity contribution in [2.45, 2.75) is 43.9 Å². The first-order valence-corrected chi connectivity index (χ1v) is 15.9. The van der Waals surface area contributed by atoms with Crippen LogP contribution in [0.15, 0.2) is 65.6 Å². The molecule has 5 rings (SSSR count). The van der Waals surface area contributed by atoms with E-state index in [0.29, 0.717) is 41.7 Å². The van der Waals surface area contributed by atoms with Gasteiger partial charge in [-0.3, -0.25) is 14.4 Å². The Morgan fingerprint density at radius 1 is 1.07 bits per heavy atom. The second-order valence-electron chi connectivity index (χ2n) is 11.2. The molecule has 0 saturated heterocycles. The molecule has 3 aromatic carbocycles. The van der Waals surface area contributed by atoms with Crippen molar-refractivity contribution in [2.24, 2.45) is 5.92 Å². The Kier molecular flexibility index (Phi) is 9.36. The van der Waals surface area contributed by atoms with Crippen molar-refractivity contribution in [1.82, 2.24) is 9.80 Å². The lowest BCUT2D eigenvalue weighted by Gasteiger charge is -2.34. The molecule has 2 aliphatic rings. The minimum absolute atomic E-state index is 0.0112. The normalized spacial score (nSPS) is 19.2. The number of nitrogens with one attached hydrogen (secondary N) is 1. The molecule has 2 N–H and O–H groups in total. The number of hydrogen-bond acceptors (Lipinski definition) is 8. The van der Waals surface area contributed by atoms with Crippen LogP contribution in [-0.2, 0) is 27.8 Å². The standard InChI is InChI=1S/C31H36ClN3O7S/c1-20-15-35(21(2)18-36)31(37)14-23-13-25(33-43(38,39)26-8-5-24(32)6-9-26)7-11-27(23)42-30(20)17-34(3)16-22-4-10-28-29(12-22)41-19-40-28/h4-13,20-21,30,33,36H,14-19H2,1-3H3/t20-,21-,30-/m1/s1. The zero-order valence-electron chi connectivity index (χ0n) is 24.3. The van der Waals surface area contributed by atoms with E-state index in [-0.39, 0.29) is 42.6 Å². The SMILES string of the molecule is C[C@@H]1CN([C@H](C)CO)C(=O)Cc2cc(NS(=O)(=O)c3ccc(Cl)cc3)ccc2O[C@@H]1CN(C)Cc1ccc2c(c1)OCO2. The average molecular weight is 630 g/mol. The molecule has 43 heavy (non-hydrogen) atoms. The summed E-state index contributed by atoms with van der Waals surface area (Å²) in [6.07, 6.45) is -0.323. The number of sulfonamides is 1. The number of aliphatic hydroxyl groups is 1. The van der Waals surface area contributed by atoms with Crippen LogP contribution in [-0.4, -0.2) is 74.9 Å². The number of likely N-dealkylation sites (N-methyl/N-ethyl adjacent to an activating group) is 1. The van der Waals surface area contributed by atoms with Gasteiger partial charge in [-0.15, -0.1) is 0 Å². The van der Waals surface area contributed by atoms with Gasteiger partial charge in [0, 0.05) is 41.8 Å². The zero-order valence-corrected chi connectivity index (χ0v) is 25.9. The Morgan fingerprint density at radius 3 is 2.53 bits per heavy atom. The van der Waals surface area contributed by atoms with Crippen LogP contribution < -0.4 is 18.9 Å². The fourth-order valence-electron chi connectivity index (χ4n) is 5.26. The second kappa shape index (κ2) is 13.0. The molecule has 230 valence electrons. The van der Waals surface area contributed by atoms with Crippen molar-refractivity contribution in [2.75, 3.05) is 38.3 Å². The van der Waals surface area contributed by atoms with Crippen LogP contribution in [0.3, 0.4) is 0 Å². The van der Waals surface area contributed by atoms with Crippen molar-refractivity contribution >= 4 is 33.2 Å². The highest BCUT2D eigenvalue weighted by Crippen LogP contribution is 2.33. The van der Waals surface area contributed by atoms with Gasteiger partial charge in [0.2, 0.25) is 12.7 Å². The number of nitrogens with zero attached hydrogens (tertiary/aromatic N) is 2. The molecule has 10 nitrogen and oxygen atoms in total. The summed E-state index contributed by atoms with van der Waals surface area (Å²) in [5.74, 6) is 1.71. The first-order chi connectivity index (χ1) is 20.5. The number of fused-ring (bicyclic) bond motifs is 2. The Labute approximate surface area is 257 Å². The monoisotopic (exact) mass is 629 g/mol. The van der Waals surface area contributed by atoms with Gasteiger partial charge >= 0.3 is 0 Å². The zero-order chi connectivity index (χ0) is 30.7. The Balaban J connectivity index is 1.40. The van der Waals surface area contributed by atoms with Crippen LogP contribution in [0.25, 0.3) is 0 Å². The van der Waals surface area contributed by atoms with Crippen molar-refractivity contribution < 1.29 is 32.5 Å². The lowest BCUT2D eigenvalue weighted by atomic mass is 10.0. The largest absolute Gasteiger partial charge is 0.488 e. The van der Waals surface area contributed by atoms with Crippen molar-refractivity contribution in [3.63, 3.8) is 0 Å². The molecular formula is C31H36ClN3O7S. The number of carbonyl (C=O) groups is 1. The summed E-state index contributed by atoms with van der Waals surface area (Å²) in [6.45, 7) is 5.46. The fraction of sp³-hybridized carbons (Fsp3) is 0.387. The van der Waals surface area contributed by atoms with Crippen molar-refractivity contribution in [3.05, 3.63) is 76.8 Å². The maximum atomic E-state index is 13.5. The van der Waals surface area contributed by atoms with E-state index in [9.17, 15) is 18.3 Å². The topological polar surface area (TPSA) is 118 Å². The molecule has 0 spiro atoms. The first-order valence-electron chi connectivity index (χ1n) is 14.1. The number of halogens is 1. The Morgan fingerprint density at radius 2 is 1.79 bits per heavy atom. The molecule has 2 aliphatic heterocycles. The lowest BCUT2D eigenvalue weighted by molar-refractivity contribution is -0.134. The second-order valence-corrected chi connectivity index (χ2v) is 13.3. The summed E-state index contributed by atoms with van der Waals surface area (Å²) in [6, 6.07) is 16.3. The number of amides is 1. The van der Waals surface area contributed by atoms with Gasteiger partial charge in [0.05, 0.1) is 24.0 Å². The van der Waals surface area contributed by atoms with Gasteiger partial charge in [-0.2, -0.15) is 0 Å². The van der Waals surface area contributed by atoms with Gasteiger partial charge in [0.15, 0.2) is 11.5 Å². The van der Waals surface area contributed by atoms with E-state index in [0.717, 1.165) is 17.1 Å². The predicted octanol–water partition coefficient (Wildman–Crippen LogP) is 4.15. The number of aliphatic hydroxyl groups excluding tert-OH is 1. The minimum atomic E-state index is -3.89. The number of anilines is 1. The van der Waals surface area contributed by atoms with Gasteiger partial charge in [0.1, 0.15) is 11.9 Å². The van der Waals surface area contributed by atoms with Gasteiger partial charge in [-0.1, -0.05) is 24.6 Å². The number of rotatable bonds is 9. The summed E-state index contributed by atoms with van der Waals surface area (Å²) in [7, 11) is -1.89. The third-order valence-corrected chi connectivity index (χ3v) is 9.32. The van der Waals surface area contributed by atoms with Gasteiger partial charge in [-0.05, 0) is 74.1 Å². The third-order valence-electron chi connectivity index (χ3n) is 7.67. The van der Waals surface area contributed by atoms with E-state index in [4.69, 9.17) is 25.8 Å². The molecule has 0 fully saturated rings. The van der Waals surface area contributed by atoms with Gasteiger partial charge in [0.25, 0.3) is 10.0 Å². The van der Waals surface area contributed by atoms with E-state index >= 15 is 0 Å². The molecule has 2 heterocycles. The van der Waals surface area contributed by atoms with Crippen LogP contribution >= 0.6 is 11.6 Å². The Hall–Kier alpha value is -3.51. The molecule has 0 saturated carbocycles. The molecule has 3 atom stereocenters. The first kappa shape index (κ1) is 30.9. The molecule has 1 amide bonds. The fourth-order valence-corrected chi connectivity index (χ4v) is 6.44. The van der Waals surface area contributed by atoms with Crippen molar-refractivity contribution in [1.29, 1.82) is 0 Å². The van der Waals surface area contributed by atoms with E-state index in [2.05, 4.69) is 9.62 Å². The number of hydrogen-bond donors (Lipinski definition) is 2. The van der Waals surface area contributed by atoms with Gasteiger partial charge < -0.3 is 24.2 Å². The van der Waals surface area contributed by atoms with Crippen LogP contribution in [0.2, 0.25) is 5.02 Å². The predicted molar refractivity (Wildman–Crippen MR) is 163 cm³/mol. The quantitative estimate of drug-likeness (QED) is 0.363. The summed E-state index contributed by atoms with van der Waals surface area (Å²) in [4.78, 5) is 17.4. The molecule has 0 aliphatic carbocycles. The summed E-state index contributed by atoms with van der Waals surface area (Å²) in [5, 5.41) is 10.3. The van der Waals surface area contributed by atoms with Crippen LogP contribution in [0.5, 0.6) is 17.2 Å². The molecule has 0 radical (unpaired) electrons. The summed E-state index contributed by atoms with van der Waals surface area (Å²) < 4.78 is 46.2. The number of carbonyl (C=O) groups excluding carboxylic acids is 1. The van der Waals surface area contributed by atoms with E-state index in [1.807, 2.05) is 39.1 Å². The summed E-state index contributed by atoms with van der Waals surface area (Å²) >= 11 is 5.92. The minimum Gasteiger partial charge on any atom is -0.488 e. The molecule has 0 unspecified atom stereocenters. The maximum Gasteiger partial charge on any atom is 0.261 e. The lowest BCUT2D eigenvalue weighted by Crippen LogP contribution is -2.47.